The van der Waals surface area contributed by atoms with Crippen LogP contribution in [0.3, 0.4) is 0 Å². The molecule has 3 aromatic heterocycles. The van der Waals surface area contributed by atoms with Gasteiger partial charge in [0, 0.05) is 42.1 Å². The van der Waals surface area contributed by atoms with E-state index >= 15 is 0 Å². The molecule has 0 aromatic carbocycles. The zero-order chi connectivity index (χ0) is 22.3. The highest BCUT2D eigenvalue weighted by Crippen LogP contribution is 2.40. The van der Waals surface area contributed by atoms with Gasteiger partial charge in [0.05, 0.1) is 20.8 Å². The third-order valence-corrected chi connectivity index (χ3v) is 7.32. The molecule has 6 heteroatoms. The Morgan fingerprint density at radius 3 is 2.29 bits per heavy atom. The molecule has 5 heterocycles. The Kier molecular flexibility index (Phi) is 6.22. The average Bonchev–Trinajstić information content (AvgIpc) is 3.39. The number of nitrogens with one attached hydrogen (secondary N) is 2. The largest absolute Gasteiger partial charge is 0.354 e. The lowest BCUT2D eigenvalue weighted by molar-refractivity contribution is 0.0702. The number of carbonyl (C=O) groups excluding carboxylic acids is 1. The number of carbonyl (C=O) groups is 1. The fraction of sp³-hybridized carbons (Fsp3) is 0.520. The molecule has 0 saturated carbocycles. The van der Waals surface area contributed by atoms with E-state index in [-0.39, 0.29) is 5.91 Å². The van der Waals surface area contributed by atoms with E-state index in [1.807, 2.05) is 27.7 Å². The molecule has 2 aliphatic rings. The maximum atomic E-state index is 13.2. The van der Waals surface area contributed by atoms with Crippen molar-refractivity contribution in [1.82, 2.24) is 20.2 Å². The van der Waals surface area contributed by atoms with Crippen molar-refractivity contribution in [3.8, 4) is 11.3 Å². The molecular weight excluding hydrogens is 404 g/mol. The predicted molar refractivity (Wildman–Crippen MR) is 130 cm³/mol. The molecule has 2 unspecified atom stereocenters. The van der Waals surface area contributed by atoms with Gasteiger partial charge in [-0.2, -0.15) is 0 Å². The number of pyridine rings is 1. The smallest absolute Gasteiger partial charge is 0.264 e. The van der Waals surface area contributed by atoms with Crippen molar-refractivity contribution in [1.29, 1.82) is 0 Å². The van der Waals surface area contributed by atoms with Crippen molar-refractivity contribution in [2.45, 2.75) is 72.4 Å². The second-order valence-corrected chi connectivity index (χ2v) is 9.96. The van der Waals surface area contributed by atoms with E-state index < -0.39 is 0 Å². The maximum absolute atomic E-state index is 13.2. The predicted octanol–water partition coefficient (Wildman–Crippen LogP) is 5.63. The van der Waals surface area contributed by atoms with Gasteiger partial charge in [-0.25, -0.2) is 0 Å². The van der Waals surface area contributed by atoms with Crippen molar-refractivity contribution in [3.63, 3.8) is 0 Å². The monoisotopic (exact) mass is 438 g/mol. The Labute approximate surface area is 189 Å². The van der Waals surface area contributed by atoms with E-state index in [0.717, 1.165) is 40.6 Å². The Hall–Kier alpha value is -2.18. The van der Waals surface area contributed by atoms with E-state index in [4.69, 9.17) is 0 Å². The first-order valence-electron chi connectivity index (χ1n) is 11.6. The summed E-state index contributed by atoms with van der Waals surface area (Å²) in [5.74, 6) is 0.550. The number of hydrogen-bond acceptors (Lipinski definition) is 4. The Balaban J connectivity index is 0.00000112. The minimum Gasteiger partial charge on any atom is -0.354 e. The average molecular weight is 439 g/mol. The molecule has 1 amide bonds. The molecule has 2 N–H and O–H groups in total. The third kappa shape index (κ3) is 4.15. The number of aryl methyl sites for hydroxylation is 2. The van der Waals surface area contributed by atoms with Crippen molar-refractivity contribution in [2.24, 2.45) is 0 Å². The van der Waals surface area contributed by atoms with Crippen LogP contribution >= 0.6 is 11.3 Å². The van der Waals surface area contributed by atoms with Gasteiger partial charge in [-0.05, 0) is 56.4 Å². The van der Waals surface area contributed by atoms with Gasteiger partial charge in [-0.15, -0.1) is 11.3 Å². The minimum atomic E-state index is 0.185. The van der Waals surface area contributed by atoms with Crippen molar-refractivity contribution >= 4 is 27.5 Å². The van der Waals surface area contributed by atoms with Gasteiger partial charge in [-0.3, -0.25) is 9.78 Å². The molecule has 2 bridgehead atoms. The summed E-state index contributed by atoms with van der Waals surface area (Å²) in [6, 6.07) is 7.27. The number of rotatable bonds is 3. The first-order chi connectivity index (χ1) is 14.9. The maximum Gasteiger partial charge on any atom is 0.264 e. The van der Waals surface area contributed by atoms with Gasteiger partial charge in [-0.1, -0.05) is 27.7 Å². The number of amides is 1. The van der Waals surface area contributed by atoms with Crippen LogP contribution in [0.5, 0.6) is 0 Å². The summed E-state index contributed by atoms with van der Waals surface area (Å²) in [4.78, 5) is 24.2. The fourth-order valence-electron chi connectivity index (χ4n) is 4.98. The van der Waals surface area contributed by atoms with E-state index in [1.165, 1.54) is 28.7 Å². The van der Waals surface area contributed by atoms with E-state index in [9.17, 15) is 4.79 Å². The highest BCUT2D eigenvalue weighted by Gasteiger charge is 2.35. The summed E-state index contributed by atoms with van der Waals surface area (Å²) < 4.78 is 1.21. The van der Waals surface area contributed by atoms with Gasteiger partial charge in [0.25, 0.3) is 5.91 Å². The summed E-state index contributed by atoms with van der Waals surface area (Å²) in [6.07, 6.45) is 2.37. The normalized spacial score (nSPS) is 20.3. The van der Waals surface area contributed by atoms with E-state index in [0.29, 0.717) is 18.0 Å². The minimum absolute atomic E-state index is 0.185. The van der Waals surface area contributed by atoms with E-state index in [2.05, 4.69) is 52.2 Å². The molecule has 0 aliphatic carbocycles. The Morgan fingerprint density at radius 2 is 1.71 bits per heavy atom. The van der Waals surface area contributed by atoms with Gasteiger partial charge in [0.15, 0.2) is 0 Å². The SMILES string of the molecule is CC.Cc1cc(-c2[nH]c3cc(C(=O)N4CC5CCC(C4)N5)sc3c2C(C)C)cc(C)n1. The van der Waals surface area contributed by atoms with Crippen LogP contribution in [0.2, 0.25) is 0 Å². The number of thiophene rings is 1. The quantitative estimate of drug-likeness (QED) is 0.557. The molecule has 0 radical (unpaired) electrons. The number of H-pyrrole nitrogens is 1. The third-order valence-electron chi connectivity index (χ3n) is 6.17. The summed E-state index contributed by atoms with van der Waals surface area (Å²) >= 11 is 1.64. The molecule has 2 fully saturated rings. The lowest BCUT2D eigenvalue weighted by Gasteiger charge is -2.32. The van der Waals surface area contributed by atoms with Crippen molar-refractivity contribution in [3.05, 3.63) is 40.0 Å². The highest BCUT2D eigenvalue weighted by molar-refractivity contribution is 7.21. The lowest BCUT2D eigenvalue weighted by Crippen LogP contribution is -2.52. The topological polar surface area (TPSA) is 61.0 Å². The first-order valence-corrected chi connectivity index (χ1v) is 12.4. The number of nitrogens with zero attached hydrogens (tertiary/aromatic N) is 2. The summed E-state index contributed by atoms with van der Waals surface area (Å²) in [5.41, 5.74) is 6.76. The molecule has 166 valence electrons. The molecule has 3 aromatic rings. The van der Waals surface area contributed by atoms with Crippen LogP contribution in [0.15, 0.2) is 18.2 Å². The van der Waals surface area contributed by atoms with Crippen molar-refractivity contribution < 1.29 is 4.79 Å². The molecule has 5 rings (SSSR count). The van der Waals surface area contributed by atoms with Crippen LogP contribution in [-0.4, -0.2) is 45.9 Å². The van der Waals surface area contributed by atoms with Crippen LogP contribution in [0, 0.1) is 13.8 Å². The standard InChI is InChI=1S/C23H28N4OS.C2H6/c1-12(2)20-21(15-7-13(3)24-14(4)8-15)26-18-9-19(29-22(18)20)23(28)27-10-16-5-6-17(11-27)25-16;1-2/h7-9,12,16-17,25-26H,5-6,10-11H2,1-4H3;1-2H3. The second kappa shape index (κ2) is 8.75. The van der Waals surface area contributed by atoms with Crippen LogP contribution in [0.4, 0.5) is 0 Å². The molecule has 2 atom stereocenters. The van der Waals surface area contributed by atoms with Crippen molar-refractivity contribution in [2.75, 3.05) is 13.1 Å². The van der Waals surface area contributed by atoms with Gasteiger partial charge >= 0.3 is 0 Å². The van der Waals surface area contributed by atoms with Gasteiger partial charge in [0.2, 0.25) is 0 Å². The number of hydrogen-bond donors (Lipinski definition) is 2. The summed E-state index contributed by atoms with van der Waals surface area (Å²) in [5, 5.41) is 3.61. The van der Waals surface area contributed by atoms with Crippen LogP contribution in [0.1, 0.15) is 73.1 Å². The lowest BCUT2D eigenvalue weighted by atomic mass is 9.99. The summed E-state index contributed by atoms with van der Waals surface area (Å²) in [6.45, 7) is 14.2. The Morgan fingerprint density at radius 1 is 1.10 bits per heavy atom. The molecule has 2 aliphatic heterocycles. The molecule has 5 nitrogen and oxygen atoms in total. The number of aromatic amines is 1. The van der Waals surface area contributed by atoms with Crippen LogP contribution in [-0.2, 0) is 0 Å². The summed E-state index contributed by atoms with van der Waals surface area (Å²) in [7, 11) is 0. The highest BCUT2D eigenvalue weighted by atomic mass is 32.1. The van der Waals surface area contributed by atoms with Gasteiger partial charge in [0.1, 0.15) is 0 Å². The van der Waals surface area contributed by atoms with Crippen LogP contribution in [0.25, 0.3) is 21.5 Å². The Bertz CT molecular complexity index is 1060. The second-order valence-electron chi connectivity index (χ2n) is 8.91. The fourth-order valence-corrected chi connectivity index (χ4v) is 6.26. The number of aromatic nitrogens is 2. The zero-order valence-electron chi connectivity index (χ0n) is 19.5. The van der Waals surface area contributed by atoms with Crippen LogP contribution < -0.4 is 5.32 Å². The number of likely N-dealkylation sites (tertiary alicyclic amines) is 1. The molecule has 31 heavy (non-hydrogen) atoms. The molecule has 0 spiro atoms. The van der Waals surface area contributed by atoms with E-state index in [1.54, 1.807) is 11.3 Å². The number of fused-ring (bicyclic) bond motifs is 3. The molecular formula is C25H34N4OS. The molecule has 2 saturated heterocycles. The zero-order valence-corrected chi connectivity index (χ0v) is 20.3. The van der Waals surface area contributed by atoms with Gasteiger partial charge < -0.3 is 15.2 Å². The number of piperazine rings is 1. The first kappa shape index (κ1) is 22.0.